The van der Waals surface area contributed by atoms with Gasteiger partial charge in [0.15, 0.2) is 5.82 Å². The van der Waals surface area contributed by atoms with Gasteiger partial charge in [-0.05, 0) is 47.3 Å². The number of ether oxygens (including phenoxy) is 1. The van der Waals surface area contributed by atoms with Gasteiger partial charge in [-0.1, -0.05) is 39.0 Å². The Balaban J connectivity index is 1.47. The van der Waals surface area contributed by atoms with E-state index in [4.69, 9.17) is 9.16 Å². The Morgan fingerprint density at radius 3 is 2.55 bits per heavy atom. The molecule has 0 saturated carbocycles. The van der Waals surface area contributed by atoms with Crippen molar-refractivity contribution in [3.05, 3.63) is 58.9 Å². The van der Waals surface area contributed by atoms with Crippen LogP contribution in [0.3, 0.4) is 0 Å². The first-order chi connectivity index (χ1) is 14.8. The van der Waals surface area contributed by atoms with E-state index in [1.807, 2.05) is 18.2 Å². The van der Waals surface area contributed by atoms with E-state index < -0.39 is 9.04 Å². The predicted octanol–water partition coefficient (Wildman–Crippen LogP) is 5.16. The van der Waals surface area contributed by atoms with Crippen LogP contribution >= 0.6 is 0 Å². The Morgan fingerprint density at radius 1 is 1.03 bits per heavy atom. The summed E-state index contributed by atoms with van der Waals surface area (Å²) in [7, 11) is -1.00. The average Bonchev–Trinajstić information content (AvgIpc) is 2.77. The molecule has 1 fully saturated rings. The van der Waals surface area contributed by atoms with E-state index in [0.717, 1.165) is 45.8 Å². The largest absolute Gasteiger partial charge is 0.412 e. The van der Waals surface area contributed by atoms with Crippen LogP contribution in [0.2, 0.25) is 11.6 Å². The molecular weight excluding hydrogens is 407 g/mol. The second kappa shape index (κ2) is 9.31. The van der Waals surface area contributed by atoms with E-state index in [2.05, 4.69) is 55.3 Å². The Labute approximate surface area is 187 Å². The molecule has 4 nitrogen and oxygen atoms in total. The summed E-state index contributed by atoms with van der Waals surface area (Å²) in [6, 6.07) is 12.4. The maximum absolute atomic E-state index is 15.4. The van der Waals surface area contributed by atoms with Crippen LogP contribution in [0, 0.1) is 5.82 Å². The van der Waals surface area contributed by atoms with E-state index in [1.165, 1.54) is 16.8 Å². The highest BCUT2D eigenvalue weighted by molar-refractivity contribution is 6.53. The summed E-state index contributed by atoms with van der Waals surface area (Å²) in [4.78, 5) is 4.55. The fourth-order valence-electron chi connectivity index (χ4n) is 4.09. The number of nitrogens with zero attached hydrogens (tertiary/aromatic N) is 2. The topological polar surface area (TPSA) is 24.9 Å². The van der Waals surface area contributed by atoms with E-state index >= 15 is 4.39 Å². The number of benzene rings is 2. The minimum atomic E-state index is -1.00. The van der Waals surface area contributed by atoms with E-state index in [0.29, 0.717) is 17.9 Å². The SMILES string of the molecule is C[Si](OCc1cccc(N2CCc3cc(N4CCOCC4)ccc3C2)c1F)C(C)(C)C. The van der Waals surface area contributed by atoms with E-state index in [9.17, 15) is 0 Å². The van der Waals surface area contributed by atoms with Crippen LogP contribution in [-0.2, 0) is 28.7 Å². The van der Waals surface area contributed by atoms with Crippen molar-refractivity contribution >= 4 is 20.4 Å². The highest BCUT2D eigenvalue weighted by Crippen LogP contribution is 2.32. The molecule has 6 heteroatoms. The molecule has 0 bridgehead atoms. The summed E-state index contributed by atoms with van der Waals surface area (Å²) in [5, 5.41) is 0.134. The van der Waals surface area contributed by atoms with Gasteiger partial charge in [0, 0.05) is 37.4 Å². The molecule has 0 spiro atoms. The number of hydrogen-bond donors (Lipinski definition) is 0. The normalized spacial score (nSPS) is 17.2. The molecule has 0 aliphatic carbocycles. The van der Waals surface area contributed by atoms with Gasteiger partial charge in [0.1, 0.15) is 0 Å². The molecule has 4 rings (SSSR count). The molecular formula is C25H34FN2O2Si. The summed E-state index contributed by atoms with van der Waals surface area (Å²) in [5.41, 5.74) is 5.28. The van der Waals surface area contributed by atoms with Crippen LogP contribution in [0.15, 0.2) is 36.4 Å². The molecule has 31 heavy (non-hydrogen) atoms. The van der Waals surface area contributed by atoms with Crippen molar-refractivity contribution in [3.8, 4) is 0 Å². The van der Waals surface area contributed by atoms with Gasteiger partial charge >= 0.3 is 0 Å². The minimum absolute atomic E-state index is 0.134. The first kappa shape index (κ1) is 22.3. The molecule has 0 unspecified atom stereocenters. The lowest BCUT2D eigenvalue weighted by Crippen LogP contribution is -2.36. The zero-order chi connectivity index (χ0) is 22.0. The Bertz CT molecular complexity index is 909. The van der Waals surface area contributed by atoms with Crippen LogP contribution in [-0.4, -0.2) is 41.9 Å². The van der Waals surface area contributed by atoms with Crippen molar-refractivity contribution < 1.29 is 13.6 Å². The third-order valence-corrected chi connectivity index (χ3v) is 9.17. The molecule has 2 aliphatic rings. The maximum Gasteiger partial charge on any atom is 0.214 e. The van der Waals surface area contributed by atoms with Crippen LogP contribution in [0.25, 0.3) is 0 Å². The first-order valence-corrected chi connectivity index (χ1v) is 13.2. The van der Waals surface area contributed by atoms with Crippen molar-refractivity contribution in [1.29, 1.82) is 0 Å². The number of rotatable bonds is 5. The molecule has 0 aromatic heterocycles. The molecule has 1 radical (unpaired) electrons. The summed E-state index contributed by atoms with van der Waals surface area (Å²) in [6.07, 6.45) is 0.930. The van der Waals surface area contributed by atoms with E-state index in [1.54, 1.807) is 0 Å². The van der Waals surface area contributed by atoms with Crippen LogP contribution in [0.4, 0.5) is 15.8 Å². The third-order valence-electron chi connectivity index (χ3n) is 6.48. The van der Waals surface area contributed by atoms with Crippen molar-refractivity contribution in [2.45, 2.75) is 51.9 Å². The Hall–Kier alpha value is -1.89. The summed E-state index contributed by atoms with van der Waals surface area (Å²) in [5.74, 6) is -0.139. The average molecular weight is 442 g/mol. The molecule has 1 saturated heterocycles. The van der Waals surface area contributed by atoms with E-state index in [-0.39, 0.29) is 10.9 Å². The van der Waals surface area contributed by atoms with Crippen molar-refractivity contribution in [2.24, 2.45) is 0 Å². The molecule has 2 aromatic rings. The zero-order valence-electron chi connectivity index (χ0n) is 19.2. The predicted molar refractivity (Wildman–Crippen MR) is 127 cm³/mol. The molecule has 2 aromatic carbocycles. The number of fused-ring (bicyclic) bond motifs is 1. The fraction of sp³-hybridized carbons (Fsp3) is 0.520. The van der Waals surface area contributed by atoms with Gasteiger partial charge in [0.25, 0.3) is 0 Å². The number of hydrogen-bond acceptors (Lipinski definition) is 4. The lowest BCUT2D eigenvalue weighted by molar-refractivity contribution is 0.122. The third kappa shape index (κ3) is 5.13. The van der Waals surface area contributed by atoms with Crippen molar-refractivity contribution in [3.63, 3.8) is 0 Å². The quantitative estimate of drug-likeness (QED) is 0.598. The van der Waals surface area contributed by atoms with Gasteiger partial charge in [-0.2, -0.15) is 0 Å². The van der Waals surface area contributed by atoms with Gasteiger partial charge in [-0.25, -0.2) is 4.39 Å². The first-order valence-electron chi connectivity index (χ1n) is 11.3. The van der Waals surface area contributed by atoms with Crippen LogP contribution < -0.4 is 9.80 Å². The highest BCUT2D eigenvalue weighted by atomic mass is 28.3. The van der Waals surface area contributed by atoms with Gasteiger partial charge in [-0.3, -0.25) is 0 Å². The smallest absolute Gasteiger partial charge is 0.214 e. The number of anilines is 2. The summed E-state index contributed by atoms with van der Waals surface area (Å²) in [6.45, 7) is 14.1. The van der Waals surface area contributed by atoms with Gasteiger partial charge in [0.05, 0.1) is 25.5 Å². The Morgan fingerprint density at radius 2 is 1.81 bits per heavy atom. The number of halogens is 1. The molecule has 0 N–H and O–H groups in total. The standard InChI is InChI=1S/C25H34FN2O2Si/c1-25(2,3)31(4)30-18-21-6-5-7-23(24(21)26)28-11-10-19-16-22(9-8-20(19)17-28)27-12-14-29-15-13-27/h5-9,16H,10-15,17-18H2,1-4H3. The molecule has 0 atom stereocenters. The van der Waals surface area contributed by atoms with Gasteiger partial charge in [0.2, 0.25) is 9.04 Å². The van der Waals surface area contributed by atoms with Gasteiger partial charge in [-0.15, -0.1) is 0 Å². The summed E-state index contributed by atoms with van der Waals surface area (Å²) >= 11 is 0. The van der Waals surface area contributed by atoms with Crippen molar-refractivity contribution in [2.75, 3.05) is 42.6 Å². The zero-order valence-corrected chi connectivity index (χ0v) is 20.2. The number of morpholine rings is 1. The van der Waals surface area contributed by atoms with Crippen LogP contribution in [0.5, 0.6) is 0 Å². The van der Waals surface area contributed by atoms with Crippen molar-refractivity contribution in [1.82, 2.24) is 0 Å². The van der Waals surface area contributed by atoms with Gasteiger partial charge < -0.3 is 19.0 Å². The second-order valence-corrected chi connectivity index (χ2v) is 12.5. The molecule has 2 heterocycles. The maximum atomic E-state index is 15.4. The summed E-state index contributed by atoms with van der Waals surface area (Å²) < 4.78 is 26.9. The Kier molecular flexibility index (Phi) is 6.70. The molecule has 0 amide bonds. The fourth-order valence-corrected chi connectivity index (χ4v) is 4.89. The minimum Gasteiger partial charge on any atom is -0.412 e. The monoisotopic (exact) mass is 441 g/mol. The second-order valence-electron chi connectivity index (χ2n) is 9.57. The lowest BCUT2D eigenvalue weighted by Gasteiger charge is -2.34. The van der Waals surface area contributed by atoms with Crippen LogP contribution in [0.1, 0.15) is 37.5 Å². The molecule has 167 valence electrons. The molecule has 2 aliphatic heterocycles. The lowest BCUT2D eigenvalue weighted by atomic mass is 9.98. The highest BCUT2D eigenvalue weighted by Gasteiger charge is 2.25.